The van der Waals surface area contributed by atoms with Crippen molar-refractivity contribution >= 4 is 16.9 Å². The van der Waals surface area contributed by atoms with Crippen molar-refractivity contribution in [2.45, 2.75) is 67.4 Å². The molecule has 0 amide bonds. The number of para-hydroxylation sites is 1. The molecule has 0 bridgehead atoms. The van der Waals surface area contributed by atoms with Crippen molar-refractivity contribution in [1.82, 2.24) is 4.98 Å². The molecule has 1 N–H and O–H groups in total. The van der Waals surface area contributed by atoms with Crippen LogP contribution in [-0.2, 0) is 16.0 Å². The van der Waals surface area contributed by atoms with E-state index in [-0.39, 0.29) is 5.97 Å². The van der Waals surface area contributed by atoms with E-state index in [1.165, 1.54) is 0 Å². The van der Waals surface area contributed by atoms with Gasteiger partial charge in [0.15, 0.2) is 0 Å². The number of aromatic nitrogens is 1. The number of esters is 1. The zero-order chi connectivity index (χ0) is 19.6. The molecule has 0 aliphatic rings. The summed E-state index contributed by atoms with van der Waals surface area (Å²) in [6.45, 7) is 15.4. The van der Waals surface area contributed by atoms with Gasteiger partial charge in [0.2, 0.25) is 0 Å². The smallest absolute Gasteiger partial charge is 0.310 e. The van der Waals surface area contributed by atoms with Gasteiger partial charge in [-0.1, -0.05) is 32.0 Å². The highest BCUT2D eigenvalue weighted by Crippen LogP contribution is 2.23. The molecule has 0 aliphatic heterocycles. The van der Waals surface area contributed by atoms with Crippen LogP contribution in [0.3, 0.4) is 0 Å². The summed E-state index contributed by atoms with van der Waals surface area (Å²) >= 11 is 0. The SMILES string of the molecule is CC.CC(C)(C)O.CCOC(=O)Cc1c(C)nc2ccccc2c1C. The number of hydrogen-bond acceptors (Lipinski definition) is 4. The van der Waals surface area contributed by atoms with E-state index in [2.05, 4.69) is 4.98 Å². The van der Waals surface area contributed by atoms with Crippen molar-refractivity contribution in [2.24, 2.45) is 0 Å². The van der Waals surface area contributed by atoms with Crippen LogP contribution in [0.4, 0.5) is 0 Å². The molecule has 0 unspecified atom stereocenters. The van der Waals surface area contributed by atoms with Crippen molar-refractivity contribution in [1.29, 1.82) is 0 Å². The Labute approximate surface area is 152 Å². The van der Waals surface area contributed by atoms with Crippen LogP contribution in [0, 0.1) is 13.8 Å². The average molecular weight is 347 g/mol. The Morgan fingerprint density at radius 1 is 1.16 bits per heavy atom. The summed E-state index contributed by atoms with van der Waals surface area (Å²) < 4.78 is 5.00. The second-order valence-corrected chi connectivity index (χ2v) is 6.47. The monoisotopic (exact) mass is 347 g/mol. The lowest BCUT2D eigenvalue weighted by Crippen LogP contribution is -2.10. The first kappa shape index (κ1) is 23.1. The van der Waals surface area contributed by atoms with Crippen molar-refractivity contribution in [3.63, 3.8) is 0 Å². The maximum atomic E-state index is 11.6. The van der Waals surface area contributed by atoms with E-state index in [0.29, 0.717) is 13.0 Å². The minimum absolute atomic E-state index is 0.194. The number of pyridine rings is 1. The van der Waals surface area contributed by atoms with Gasteiger partial charge in [-0.25, -0.2) is 0 Å². The van der Waals surface area contributed by atoms with Crippen LogP contribution in [-0.4, -0.2) is 28.3 Å². The van der Waals surface area contributed by atoms with E-state index in [0.717, 1.165) is 27.7 Å². The molecule has 1 heterocycles. The van der Waals surface area contributed by atoms with Crippen LogP contribution in [0.5, 0.6) is 0 Å². The molecule has 0 fully saturated rings. The molecule has 1 aromatic heterocycles. The first-order valence-electron chi connectivity index (χ1n) is 8.86. The summed E-state index contributed by atoms with van der Waals surface area (Å²) in [4.78, 5) is 16.1. The molecular weight excluding hydrogens is 314 g/mol. The second kappa shape index (κ2) is 10.8. The summed E-state index contributed by atoms with van der Waals surface area (Å²) in [5, 5.41) is 9.62. The molecule has 0 spiro atoms. The van der Waals surface area contributed by atoms with Crippen molar-refractivity contribution < 1.29 is 14.6 Å². The van der Waals surface area contributed by atoms with Crippen LogP contribution in [0.15, 0.2) is 24.3 Å². The van der Waals surface area contributed by atoms with E-state index in [9.17, 15) is 4.79 Å². The highest BCUT2D eigenvalue weighted by atomic mass is 16.5. The van der Waals surface area contributed by atoms with Gasteiger partial charge >= 0.3 is 5.97 Å². The Bertz CT molecular complexity index is 667. The summed E-state index contributed by atoms with van der Waals surface area (Å²) in [5.41, 5.74) is 3.47. The normalized spacial score (nSPS) is 10.3. The summed E-state index contributed by atoms with van der Waals surface area (Å²) in [7, 11) is 0. The average Bonchev–Trinajstić information content (AvgIpc) is 2.52. The third-order valence-electron chi connectivity index (χ3n) is 3.11. The highest BCUT2D eigenvalue weighted by molar-refractivity contribution is 5.85. The standard InChI is InChI=1S/C15H17NO2.C4H10O.C2H6/c1-4-18-15(17)9-13-10(2)12-7-5-6-8-14(12)16-11(13)3;1-4(2,3)5;1-2/h5-8H,4,9H2,1-3H3;5H,1-3H3;1-2H3. The number of ether oxygens (including phenoxy) is 1. The molecule has 2 aromatic rings. The molecule has 0 radical (unpaired) electrons. The Morgan fingerprint density at radius 3 is 2.20 bits per heavy atom. The molecule has 0 saturated carbocycles. The van der Waals surface area contributed by atoms with Gasteiger partial charge in [0, 0.05) is 11.1 Å². The minimum Gasteiger partial charge on any atom is -0.466 e. The number of hydrogen-bond donors (Lipinski definition) is 1. The van der Waals surface area contributed by atoms with Gasteiger partial charge in [-0.3, -0.25) is 9.78 Å². The van der Waals surface area contributed by atoms with Gasteiger partial charge < -0.3 is 9.84 Å². The Morgan fingerprint density at radius 2 is 1.68 bits per heavy atom. The number of rotatable bonds is 3. The van der Waals surface area contributed by atoms with Gasteiger partial charge in [0.1, 0.15) is 0 Å². The van der Waals surface area contributed by atoms with Gasteiger partial charge in [-0.05, 0) is 58.7 Å². The van der Waals surface area contributed by atoms with Crippen molar-refractivity contribution in [3.05, 3.63) is 41.1 Å². The van der Waals surface area contributed by atoms with Crippen LogP contribution in [0.1, 0.15) is 58.4 Å². The Hall–Kier alpha value is -1.94. The van der Waals surface area contributed by atoms with E-state index in [1.54, 1.807) is 20.8 Å². The molecule has 25 heavy (non-hydrogen) atoms. The van der Waals surface area contributed by atoms with E-state index >= 15 is 0 Å². The zero-order valence-electron chi connectivity index (χ0n) is 16.9. The minimum atomic E-state index is -0.500. The summed E-state index contributed by atoms with van der Waals surface area (Å²) in [6.07, 6.45) is 0.295. The predicted molar refractivity (Wildman–Crippen MR) is 105 cm³/mol. The van der Waals surface area contributed by atoms with Gasteiger partial charge in [0.25, 0.3) is 0 Å². The van der Waals surface area contributed by atoms with Crippen LogP contribution < -0.4 is 0 Å². The zero-order valence-corrected chi connectivity index (χ0v) is 16.9. The van der Waals surface area contributed by atoms with E-state index in [1.807, 2.05) is 58.9 Å². The quantitative estimate of drug-likeness (QED) is 0.813. The molecule has 0 atom stereocenters. The third kappa shape index (κ3) is 8.64. The maximum absolute atomic E-state index is 11.6. The first-order chi connectivity index (χ1) is 11.6. The number of fused-ring (bicyclic) bond motifs is 1. The number of benzene rings is 1. The van der Waals surface area contributed by atoms with E-state index < -0.39 is 5.60 Å². The summed E-state index contributed by atoms with van der Waals surface area (Å²) in [6, 6.07) is 7.98. The fraction of sp³-hybridized carbons (Fsp3) is 0.524. The molecule has 140 valence electrons. The molecule has 0 saturated heterocycles. The molecule has 4 nitrogen and oxygen atoms in total. The van der Waals surface area contributed by atoms with Crippen LogP contribution >= 0.6 is 0 Å². The molecule has 4 heteroatoms. The number of carbonyl (C=O) groups excluding carboxylic acids is 1. The maximum Gasteiger partial charge on any atom is 0.310 e. The van der Waals surface area contributed by atoms with Crippen molar-refractivity contribution in [3.8, 4) is 0 Å². The largest absolute Gasteiger partial charge is 0.466 e. The van der Waals surface area contributed by atoms with Gasteiger partial charge in [-0.15, -0.1) is 0 Å². The Balaban J connectivity index is 0.000000710. The number of carbonyl (C=O) groups is 1. The molecule has 1 aromatic carbocycles. The highest BCUT2D eigenvalue weighted by Gasteiger charge is 2.13. The third-order valence-corrected chi connectivity index (χ3v) is 3.11. The summed E-state index contributed by atoms with van der Waals surface area (Å²) in [5.74, 6) is -0.194. The molecule has 2 rings (SSSR count). The van der Waals surface area contributed by atoms with Gasteiger partial charge in [0.05, 0.1) is 24.1 Å². The van der Waals surface area contributed by atoms with Gasteiger partial charge in [-0.2, -0.15) is 0 Å². The number of aliphatic hydroxyl groups is 1. The van der Waals surface area contributed by atoms with Crippen LogP contribution in [0.25, 0.3) is 10.9 Å². The van der Waals surface area contributed by atoms with Crippen LogP contribution in [0.2, 0.25) is 0 Å². The second-order valence-electron chi connectivity index (χ2n) is 6.47. The lowest BCUT2D eigenvalue weighted by atomic mass is 10.00. The number of aryl methyl sites for hydroxylation is 2. The Kier molecular flexibility index (Phi) is 9.99. The van der Waals surface area contributed by atoms with Crippen molar-refractivity contribution in [2.75, 3.05) is 6.61 Å². The predicted octanol–water partition coefficient (Wildman–Crippen LogP) is 4.76. The molecular formula is C21H33NO3. The number of nitrogens with zero attached hydrogens (tertiary/aromatic N) is 1. The first-order valence-corrected chi connectivity index (χ1v) is 8.86. The molecule has 0 aliphatic carbocycles. The lowest BCUT2D eigenvalue weighted by Gasteiger charge is -2.11. The topological polar surface area (TPSA) is 59.4 Å². The van der Waals surface area contributed by atoms with E-state index in [4.69, 9.17) is 9.84 Å². The lowest BCUT2D eigenvalue weighted by molar-refractivity contribution is -0.142. The fourth-order valence-electron chi connectivity index (χ4n) is 2.19. The fourth-order valence-corrected chi connectivity index (χ4v) is 2.19.